The Hall–Kier alpha value is -2.67. The van der Waals surface area contributed by atoms with Crippen LogP contribution in [0, 0.1) is 5.82 Å². The zero-order valence-electron chi connectivity index (χ0n) is 16.6. The van der Waals surface area contributed by atoms with Gasteiger partial charge in [0.2, 0.25) is 0 Å². The zero-order valence-corrected chi connectivity index (χ0v) is 16.6. The minimum Gasteiger partial charge on any atom is -0.370 e. The first-order valence-electron chi connectivity index (χ1n) is 9.67. The second-order valence-electron chi connectivity index (χ2n) is 7.27. The van der Waals surface area contributed by atoms with Gasteiger partial charge in [-0.25, -0.2) is 9.37 Å². The molecule has 1 aromatic carbocycles. The van der Waals surface area contributed by atoms with Crippen molar-refractivity contribution in [3.05, 3.63) is 54.0 Å². The van der Waals surface area contributed by atoms with E-state index in [1.165, 1.54) is 12.1 Å². The molecular weight excluding hydrogens is 357 g/mol. The van der Waals surface area contributed by atoms with E-state index < -0.39 is 0 Å². The summed E-state index contributed by atoms with van der Waals surface area (Å²) in [7, 11) is 4.10. The molecule has 0 radical (unpaired) electrons. The third kappa shape index (κ3) is 5.42. The topological polar surface area (TPSA) is 51.7 Å². The van der Waals surface area contributed by atoms with Crippen LogP contribution >= 0.6 is 0 Å². The smallest absolute Gasteiger partial charge is 0.254 e. The van der Waals surface area contributed by atoms with Crippen molar-refractivity contribution in [2.45, 2.75) is 6.42 Å². The van der Waals surface area contributed by atoms with Crippen LogP contribution in [0.3, 0.4) is 0 Å². The predicted octanol–water partition coefficient (Wildman–Crippen LogP) is 2.55. The lowest BCUT2D eigenvalue weighted by molar-refractivity contribution is 0.0746. The number of rotatable bonds is 7. The number of nitrogens with one attached hydrogen (secondary N) is 1. The molecule has 1 aromatic heterocycles. The molecule has 1 saturated heterocycles. The van der Waals surface area contributed by atoms with Gasteiger partial charge in [-0.05, 0) is 63.5 Å². The average Bonchev–Trinajstić information content (AvgIpc) is 2.71. The van der Waals surface area contributed by atoms with Crippen molar-refractivity contribution in [2.24, 2.45) is 0 Å². The van der Waals surface area contributed by atoms with Crippen LogP contribution in [0.5, 0.6) is 0 Å². The molecule has 1 aliphatic heterocycles. The summed E-state index contributed by atoms with van der Waals surface area (Å²) in [6, 6.07) is 10.1. The molecule has 1 amide bonds. The number of hydrogen-bond acceptors (Lipinski definition) is 5. The Morgan fingerprint density at radius 2 is 1.86 bits per heavy atom. The van der Waals surface area contributed by atoms with E-state index in [-0.39, 0.29) is 11.7 Å². The molecule has 2 aromatic rings. The minimum absolute atomic E-state index is 0.0255. The fraction of sp³-hybridized carbons (Fsp3) is 0.429. The highest BCUT2D eigenvalue weighted by molar-refractivity contribution is 5.95. The largest absolute Gasteiger partial charge is 0.370 e. The van der Waals surface area contributed by atoms with Crippen LogP contribution < -0.4 is 10.2 Å². The number of benzene rings is 1. The van der Waals surface area contributed by atoms with Crippen LogP contribution in [0.15, 0.2) is 42.6 Å². The van der Waals surface area contributed by atoms with E-state index in [4.69, 9.17) is 0 Å². The summed E-state index contributed by atoms with van der Waals surface area (Å²) >= 11 is 0. The number of aromatic nitrogens is 1. The molecule has 0 bridgehead atoms. The lowest BCUT2D eigenvalue weighted by atomic mass is 10.2. The highest BCUT2D eigenvalue weighted by atomic mass is 19.1. The highest BCUT2D eigenvalue weighted by Crippen LogP contribution is 2.18. The summed E-state index contributed by atoms with van der Waals surface area (Å²) in [5, 5.41) is 3.28. The van der Waals surface area contributed by atoms with Gasteiger partial charge in [-0.2, -0.15) is 0 Å². The summed E-state index contributed by atoms with van der Waals surface area (Å²) in [5.41, 5.74) is 1.64. The van der Waals surface area contributed by atoms with Crippen LogP contribution in [-0.2, 0) is 0 Å². The quantitative estimate of drug-likeness (QED) is 0.743. The van der Waals surface area contributed by atoms with Gasteiger partial charge in [0.1, 0.15) is 11.6 Å². The molecule has 7 heteroatoms. The maximum Gasteiger partial charge on any atom is 0.254 e. The van der Waals surface area contributed by atoms with Crippen molar-refractivity contribution >= 4 is 17.4 Å². The summed E-state index contributed by atoms with van der Waals surface area (Å²) in [4.78, 5) is 23.3. The Morgan fingerprint density at radius 1 is 1.14 bits per heavy atom. The van der Waals surface area contributed by atoms with Crippen molar-refractivity contribution in [3.8, 4) is 0 Å². The maximum absolute atomic E-state index is 13.1. The number of hydrogen-bond donors (Lipinski definition) is 1. The molecule has 6 nitrogen and oxygen atoms in total. The van der Waals surface area contributed by atoms with E-state index in [0.717, 1.165) is 44.1 Å². The standard InChI is InChI=1S/C21H28FN5O/c1-25(2)11-3-9-23-20-16-17(8-10-24-20)21(28)27-14-12-26(13-15-27)19-6-4-18(22)5-7-19/h4-8,10,16H,3,9,11-15H2,1-2H3,(H,23,24). The first-order valence-corrected chi connectivity index (χ1v) is 9.67. The third-order valence-corrected chi connectivity index (χ3v) is 4.85. The van der Waals surface area contributed by atoms with Crippen molar-refractivity contribution in [2.75, 3.05) is 63.6 Å². The number of carbonyl (C=O) groups excluding carboxylic acids is 1. The minimum atomic E-state index is -0.235. The molecule has 0 spiro atoms. The van der Waals surface area contributed by atoms with Gasteiger partial charge in [0.05, 0.1) is 0 Å². The van der Waals surface area contributed by atoms with Gasteiger partial charge in [-0.1, -0.05) is 0 Å². The van der Waals surface area contributed by atoms with Gasteiger partial charge in [-0.15, -0.1) is 0 Å². The Kier molecular flexibility index (Phi) is 6.81. The van der Waals surface area contributed by atoms with Gasteiger partial charge in [-0.3, -0.25) is 4.79 Å². The van der Waals surface area contributed by atoms with E-state index in [1.54, 1.807) is 24.4 Å². The van der Waals surface area contributed by atoms with Gasteiger partial charge < -0.3 is 20.0 Å². The third-order valence-electron chi connectivity index (χ3n) is 4.85. The van der Waals surface area contributed by atoms with E-state index >= 15 is 0 Å². The van der Waals surface area contributed by atoms with Crippen LogP contribution in [0.25, 0.3) is 0 Å². The van der Waals surface area contributed by atoms with Crippen LogP contribution in [0.4, 0.5) is 15.9 Å². The monoisotopic (exact) mass is 385 g/mol. The van der Waals surface area contributed by atoms with E-state index in [1.807, 2.05) is 25.1 Å². The molecule has 3 rings (SSSR count). The van der Waals surface area contributed by atoms with Crippen LogP contribution in [0.1, 0.15) is 16.8 Å². The van der Waals surface area contributed by atoms with E-state index in [9.17, 15) is 9.18 Å². The number of nitrogens with zero attached hydrogens (tertiary/aromatic N) is 4. The lowest BCUT2D eigenvalue weighted by Gasteiger charge is -2.36. The molecule has 1 aliphatic rings. The van der Waals surface area contributed by atoms with Gasteiger partial charge in [0.15, 0.2) is 0 Å². The zero-order chi connectivity index (χ0) is 19.9. The number of amides is 1. The molecule has 28 heavy (non-hydrogen) atoms. The average molecular weight is 385 g/mol. The van der Waals surface area contributed by atoms with Crippen molar-refractivity contribution in [3.63, 3.8) is 0 Å². The van der Waals surface area contributed by atoms with Gasteiger partial charge in [0.25, 0.3) is 5.91 Å². The highest BCUT2D eigenvalue weighted by Gasteiger charge is 2.22. The second kappa shape index (κ2) is 9.50. The van der Waals surface area contributed by atoms with E-state index in [0.29, 0.717) is 18.7 Å². The molecule has 2 heterocycles. The van der Waals surface area contributed by atoms with Crippen molar-refractivity contribution in [1.82, 2.24) is 14.8 Å². The molecular formula is C21H28FN5O. The SMILES string of the molecule is CN(C)CCCNc1cc(C(=O)N2CCN(c3ccc(F)cc3)CC2)ccn1. The Bertz CT molecular complexity index is 773. The molecule has 1 fully saturated rings. The molecule has 0 aliphatic carbocycles. The van der Waals surface area contributed by atoms with Gasteiger partial charge >= 0.3 is 0 Å². The second-order valence-corrected chi connectivity index (χ2v) is 7.27. The number of halogens is 1. The number of piperazine rings is 1. The first-order chi connectivity index (χ1) is 13.5. The van der Waals surface area contributed by atoms with Crippen LogP contribution in [0.2, 0.25) is 0 Å². The molecule has 0 atom stereocenters. The lowest BCUT2D eigenvalue weighted by Crippen LogP contribution is -2.48. The fourth-order valence-electron chi connectivity index (χ4n) is 3.27. The summed E-state index contributed by atoms with van der Waals surface area (Å²) in [6.07, 6.45) is 2.69. The Morgan fingerprint density at radius 3 is 2.54 bits per heavy atom. The maximum atomic E-state index is 13.1. The number of pyridine rings is 1. The van der Waals surface area contributed by atoms with Crippen molar-refractivity contribution < 1.29 is 9.18 Å². The Labute approximate surface area is 166 Å². The molecule has 1 N–H and O–H groups in total. The number of anilines is 2. The molecule has 150 valence electrons. The number of carbonyl (C=O) groups is 1. The van der Waals surface area contributed by atoms with Crippen molar-refractivity contribution in [1.29, 1.82) is 0 Å². The fourth-order valence-corrected chi connectivity index (χ4v) is 3.27. The first kappa shape index (κ1) is 20.1. The summed E-state index contributed by atoms with van der Waals surface area (Å²) in [6.45, 7) is 4.58. The summed E-state index contributed by atoms with van der Waals surface area (Å²) < 4.78 is 13.1. The van der Waals surface area contributed by atoms with E-state index in [2.05, 4.69) is 20.1 Å². The Balaban J connectivity index is 1.53. The van der Waals surface area contributed by atoms with Gasteiger partial charge in [0, 0.05) is 50.2 Å². The summed E-state index contributed by atoms with van der Waals surface area (Å²) in [5.74, 6) is 0.522. The van der Waals surface area contributed by atoms with Crippen LogP contribution in [-0.4, -0.2) is 74.1 Å². The molecule has 0 saturated carbocycles. The molecule has 0 unspecified atom stereocenters. The predicted molar refractivity (Wildman–Crippen MR) is 110 cm³/mol. The normalized spacial score (nSPS) is 14.4.